The van der Waals surface area contributed by atoms with Crippen molar-refractivity contribution in [1.82, 2.24) is 60.8 Å². The first-order valence-electron chi connectivity index (χ1n) is 50.0. The van der Waals surface area contributed by atoms with Crippen molar-refractivity contribution in [1.29, 1.82) is 0 Å². The second-order valence-electron chi connectivity index (χ2n) is 39.1. The van der Waals surface area contributed by atoms with Crippen LogP contribution in [0.5, 0.6) is 11.5 Å². The van der Waals surface area contributed by atoms with E-state index in [-0.39, 0.29) is 127 Å². The molecule has 12 amide bonds. The molecule has 3 aromatic rings. The fraction of sp³-hybridized carbons (Fsp3) is 0.596. The van der Waals surface area contributed by atoms with Gasteiger partial charge in [0.2, 0.25) is 65.5 Å². The van der Waals surface area contributed by atoms with Gasteiger partial charge in [0.25, 0.3) is 17.7 Å². The molecule has 0 radical (unpaired) electrons. The van der Waals surface area contributed by atoms with Crippen LogP contribution >= 0.6 is 15.9 Å². The molecular formula is C104H144BrF3N12O26S3. The molecule has 9 N–H and O–H groups in total. The molecule has 1 unspecified atom stereocenters. The number of alkyl carbamates (subject to hydrolysis) is 3. The van der Waals surface area contributed by atoms with Crippen molar-refractivity contribution in [3.63, 3.8) is 0 Å². The lowest BCUT2D eigenvalue weighted by Crippen LogP contribution is -2.58. The molecule has 12 aliphatic rings. The van der Waals surface area contributed by atoms with E-state index >= 15 is 0 Å². The van der Waals surface area contributed by atoms with Crippen LogP contribution in [0.3, 0.4) is 0 Å². The van der Waals surface area contributed by atoms with Crippen molar-refractivity contribution < 1.29 is 134 Å². The highest BCUT2D eigenvalue weighted by molar-refractivity contribution is 9.10. The number of alkyl halides is 3. The number of fused-ring (bicyclic) bond motifs is 12. The summed E-state index contributed by atoms with van der Waals surface area (Å²) in [5.74, 6) is -7.35. The van der Waals surface area contributed by atoms with Crippen LogP contribution in [0.4, 0.5) is 27.6 Å². The molecule has 149 heavy (non-hydrogen) atoms. The Bertz CT molecular complexity index is 5830. The highest BCUT2D eigenvalue weighted by Gasteiger charge is 2.65. The standard InChI is InChI=1S/C34H43F3N4O9S.C34H46N4O9S.C33H43BrN4O8S.3CH4/c1-3-5-10-27-30(43)41-19-25(17-28(41)29(42)39-33(18-23(33)4-2)31(44)40-51(46,47)26-11-12-26)49-20-22-14-21(15-24(16-22)50-34(35,36)37)9-7-6-8-13-48-32(45)38-27;1-4-6-11-28-31(40)38-20-26(47-21-23-15-22(16-25(17-23)45-3)10-8-7-9-14-46-33(42)35-28)18-29(38)30(39)36-34(19-24(34)5-2)32(41)37-48(43,44)27-12-13-27;1-3-5-10-27-30(40)38-19-25(46-20-22-14-21(15-24(34)16-22)9-7-6-8-13-45-32(42)35-27)17-28(38)29(39)36-33(18-23(33)4-2)31(41)37-47(43,44)26-11-12-26;;;/h4,7,9,14-16,23,25-28H,2-3,5-6,8,10-13,17-20H2,1H3,(H,38,45)(H,39,42)(H,40,44);5,8,10,15-17,24,26-29H,2,4,6-7,9,11-14,18-21H2,1,3H3,(H,35,42)(H,36,39)(H,37,41);4,7,9,14-16,23,25-28H,2-3,5-6,8,10-13,17-20H2,1H3,(H,35,42)(H,36,39)(H,37,41);3*1H4/b9-7+;10-8+;9-7+;;;/t23-,25-,27+,28+,33-;24-,26?,28+,29+,34-;23-,25-,27+,28+,33-;;;/m111.../s1. The van der Waals surface area contributed by atoms with Crippen LogP contribution in [0.2, 0.25) is 0 Å². The Morgan fingerprint density at radius 3 is 1.03 bits per heavy atom. The van der Waals surface area contributed by atoms with Gasteiger partial charge < -0.3 is 84.5 Å². The molecule has 822 valence electrons. The van der Waals surface area contributed by atoms with Crippen molar-refractivity contribution in [3.05, 3.63) is 149 Å². The molecule has 6 aliphatic carbocycles. The number of ether oxygens (including phenoxy) is 8. The van der Waals surface area contributed by atoms with Gasteiger partial charge in [0.05, 0.1) is 80.8 Å². The number of rotatable bonds is 29. The van der Waals surface area contributed by atoms with Gasteiger partial charge in [0.15, 0.2) is 0 Å². The van der Waals surface area contributed by atoms with E-state index in [9.17, 15) is 96.0 Å². The lowest BCUT2D eigenvalue weighted by atomic mass is 10.1. The maximum absolute atomic E-state index is 14.1. The lowest BCUT2D eigenvalue weighted by molar-refractivity contribution is -0.274. The van der Waals surface area contributed by atoms with E-state index in [0.29, 0.717) is 132 Å². The summed E-state index contributed by atoms with van der Waals surface area (Å²) >= 11 is 3.56. The number of allylic oxidation sites excluding steroid dienone is 3. The number of methoxy groups -OCH3 is 1. The number of cyclic esters (lactones) is 3. The van der Waals surface area contributed by atoms with Gasteiger partial charge in [-0.25, -0.2) is 39.6 Å². The number of halogens is 4. The van der Waals surface area contributed by atoms with E-state index in [2.05, 4.69) is 86.5 Å². The second-order valence-corrected chi connectivity index (χ2v) is 45.9. The minimum Gasteiger partial charge on any atom is -0.497 e. The third-order valence-electron chi connectivity index (χ3n) is 27.7. The molecule has 6 heterocycles. The molecule has 3 aromatic carbocycles. The summed E-state index contributed by atoms with van der Waals surface area (Å²) in [6.45, 7) is 17.6. The zero-order valence-corrected chi connectivity index (χ0v) is 86.4. The van der Waals surface area contributed by atoms with Gasteiger partial charge in [-0.05, 0) is 204 Å². The average molecular weight is 2210 g/mol. The molecule has 6 aliphatic heterocycles. The van der Waals surface area contributed by atoms with E-state index in [1.165, 1.54) is 45.1 Å². The maximum Gasteiger partial charge on any atom is 0.573 e. The van der Waals surface area contributed by atoms with Crippen LogP contribution in [0.15, 0.2) is 115 Å². The van der Waals surface area contributed by atoms with E-state index < -0.39 is 218 Å². The van der Waals surface area contributed by atoms with Crippen molar-refractivity contribution in [2.75, 3.05) is 46.6 Å². The average Bonchev–Trinajstić information content (AvgIpc) is 1.58. The molecule has 3 saturated heterocycles. The second kappa shape index (κ2) is 52.7. The predicted octanol–water partition coefficient (Wildman–Crippen LogP) is 12.4. The van der Waals surface area contributed by atoms with E-state index in [0.717, 1.165) is 39.6 Å². The number of sulfonamides is 3. The van der Waals surface area contributed by atoms with Crippen molar-refractivity contribution in [2.45, 2.75) is 330 Å². The number of benzene rings is 3. The van der Waals surface area contributed by atoms with Crippen LogP contribution in [0.1, 0.15) is 250 Å². The van der Waals surface area contributed by atoms with Crippen molar-refractivity contribution in [2.24, 2.45) is 17.8 Å². The summed E-state index contributed by atoms with van der Waals surface area (Å²) in [6.07, 6.45) is 18.5. The Morgan fingerprint density at radius 1 is 0.456 bits per heavy atom. The minimum atomic E-state index is -4.93. The zero-order chi connectivity index (χ0) is 105. The summed E-state index contributed by atoms with van der Waals surface area (Å²) in [7, 11) is -10.1. The summed E-state index contributed by atoms with van der Waals surface area (Å²) < 4.78 is 167. The van der Waals surface area contributed by atoms with Gasteiger partial charge in [-0.15, -0.1) is 32.9 Å². The SMILES string of the molecule is C.C.C.C=C[C@@H]1C[C@]1(NC(=O)[C@@H]1CC2CN1C(=O)[C@H](CCCC)NC(=O)OCCC/C=C/c1cc(cc(OC)c1)CO2)C(=O)NS(=O)(=O)C1CC1.C=C[C@@H]1C[C@]1(NC(=O)[C@@H]1C[C@@H]2CN1C(=O)[C@H](CCCC)NC(=O)OCCC/C=C/c1cc(Br)cc(c1)CO2)C(=O)NS(=O)(=O)C1CC1.C=C[C@@H]1C[C@]1(NC(=O)[C@@H]1C[C@@H]2CN1C(=O)[C@H](CCCC)NC(=O)OCCC/C=C/c1cc(cc(OC(F)(F)F)c1)CO2)C(=O)NS(=O)(=O)C1CC1. The fourth-order valence-electron chi connectivity index (χ4n) is 18.7. The number of amides is 12. The highest BCUT2D eigenvalue weighted by Crippen LogP contribution is 2.49. The van der Waals surface area contributed by atoms with Crippen LogP contribution in [0, 0.1) is 17.8 Å². The Hall–Kier alpha value is -11.3. The number of nitrogens with zero attached hydrogens (tertiary/aromatic N) is 3. The summed E-state index contributed by atoms with van der Waals surface area (Å²) in [4.78, 5) is 167. The molecule has 6 saturated carbocycles. The third-order valence-corrected chi connectivity index (χ3v) is 33.6. The monoisotopic (exact) mass is 2210 g/mol. The van der Waals surface area contributed by atoms with Crippen LogP contribution < -0.4 is 55.5 Å². The number of hydrogen-bond donors (Lipinski definition) is 9. The molecule has 38 nitrogen and oxygen atoms in total. The van der Waals surface area contributed by atoms with E-state index in [4.69, 9.17) is 33.2 Å². The van der Waals surface area contributed by atoms with Gasteiger partial charge in [0, 0.05) is 61.1 Å². The number of carbonyl (C=O) groups is 12. The molecule has 0 spiro atoms. The normalized spacial score (nSPS) is 27.9. The number of unbranched alkanes of at least 4 members (excludes halogenated alkanes) is 3. The van der Waals surface area contributed by atoms with E-state index in [1.807, 2.05) is 81.5 Å². The number of carbonyl (C=O) groups excluding carboxylic acids is 12. The molecule has 45 heteroatoms. The first kappa shape index (κ1) is 120. The zero-order valence-electron chi connectivity index (χ0n) is 82.3. The third kappa shape index (κ3) is 32.2. The van der Waals surface area contributed by atoms with E-state index in [1.54, 1.807) is 25.3 Å². The summed E-state index contributed by atoms with van der Waals surface area (Å²) in [5, 5.41) is 14.4. The van der Waals surface area contributed by atoms with Gasteiger partial charge in [-0.2, -0.15) is 0 Å². The van der Waals surface area contributed by atoms with Crippen molar-refractivity contribution in [3.8, 4) is 11.5 Å². The smallest absolute Gasteiger partial charge is 0.497 e. The Labute approximate surface area is 878 Å². The maximum atomic E-state index is 14.1. The Kier molecular flexibility index (Phi) is 42.3. The summed E-state index contributed by atoms with van der Waals surface area (Å²) in [6, 6.07) is 9.44. The molecule has 9 fully saturated rings. The van der Waals surface area contributed by atoms with Gasteiger partial charge >= 0.3 is 24.6 Å². The Balaban J connectivity index is 0.000000226. The van der Waals surface area contributed by atoms with Gasteiger partial charge in [-0.3, -0.25) is 57.3 Å². The van der Waals surface area contributed by atoms with Crippen LogP contribution in [-0.2, 0) is 121 Å². The molecular weight excluding hydrogens is 2070 g/mol. The first-order chi connectivity index (χ1) is 69.6. The van der Waals surface area contributed by atoms with Crippen LogP contribution in [-0.4, -0.2) is 251 Å². The topological polar surface area (TPSA) is 499 Å². The van der Waals surface area contributed by atoms with Gasteiger partial charge in [-0.1, -0.05) is 152 Å². The largest absolute Gasteiger partial charge is 0.573 e. The van der Waals surface area contributed by atoms with Gasteiger partial charge in [0.1, 0.15) is 64.4 Å². The molecule has 15 rings (SSSR count). The Morgan fingerprint density at radius 2 is 0.752 bits per heavy atom. The first-order valence-corrected chi connectivity index (χ1v) is 55.5. The number of nitrogens with one attached hydrogen (secondary N) is 9. The lowest BCUT2D eigenvalue weighted by Gasteiger charge is -2.29. The summed E-state index contributed by atoms with van der Waals surface area (Å²) in [5.41, 5.74) is -0.238. The quantitative estimate of drug-likeness (QED) is 0.0230. The molecule has 12 bridgehead atoms. The minimum absolute atomic E-state index is 0. The predicted molar refractivity (Wildman–Crippen MR) is 553 cm³/mol. The molecule has 0 aromatic heterocycles. The molecule has 15 atom stereocenters. The fourth-order valence-corrected chi connectivity index (χ4v) is 23.4. The van der Waals surface area contributed by atoms with Crippen molar-refractivity contribution >= 4 is 136 Å². The number of hydrogen-bond acceptors (Lipinski definition) is 26. The van der Waals surface area contributed by atoms with Crippen LogP contribution in [0.25, 0.3) is 18.2 Å². The highest BCUT2D eigenvalue weighted by atomic mass is 79.9.